The van der Waals surface area contributed by atoms with E-state index in [0.717, 1.165) is 12.1 Å². The Kier molecular flexibility index (Phi) is 3.63. The first-order chi connectivity index (χ1) is 9.31. The van der Waals surface area contributed by atoms with Crippen molar-refractivity contribution in [2.24, 2.45) is 0 Å². The summed E-state index contributed by atoms with van der Waals surface area (Å²) in [6, 6.07) is 7.43. The van der Waals surface area contributed by atoms with Gasteiger partial charge in [-0.25, -0.2) is 17.2 Å². The van der Waals surface area contributed by atoms with E-state index in [1.54, 1.807) is 13.0 Å². The van der Waals surface area contributed by atoms with Gasteiger partial charge in [-0.05, 0) is 36.8 Å². The first-order valence-corrected chi connectivity index (χ1v) is 7.12. The molecule has 0 heterocycles. The fourth-order valence-corrected chi connectivity index (χ4v) is 2.86. The maximum absolute atomic E-state index is 13.6. The van der Waals surface area contributed by atoms with Crippen molar-refractivity contribution in [1.29, 1.82) is 0 Å². The Morgan fingerprint density at radius 1 is 1.10 bits per heavy atom. The molecule has 2 rings (SSSR count). The highest BCUT2D eigenvalue weighted by molar-refractivity contribution is 7.92. The SMILES string of the molecule is Cc1ccc(NS(=O)(=O)c2cccc(F)c2N)c(F)c1. The van der Waals surface area contributed by atoms with Gasteiger partial charge in [0.15, 0.2) is 0 Å². The van der Waals surface area contributed by atoms with Crippen LogP contribution in [0.1, 0.15) is 5.56 Å². The molecule has 2 aromatic carbocycles. The summed E-state index contributed by atoms with van der Waals surface area (Å²) in [5.74, 6) is -1.57. The third kappa shape index (κ3) is 2.72. The molecule has 0 saturated carbocycles. The van der Waals surface area contributed by atoms with E-state index in [9.17, 15) is 17.2 Å². The molecule has 2 aromatic rings. The van der Waals surface area contributed by atoms with E-state index in [2.05, 4.69) is 0 Å². The summed E-state index contributed by atoms with van der Waals surface area (Å²) >= 11 is 0. The summed E-state index contributed by atoms with van der Waals surface area (Å²) in [5, 5.41) is 0. The topological polar surface area (TPSA) is 72.2 Å². The Bertz CT molecular complexity index is 761. The molecule has 0 saturated heterocycles. The average molecular weight is 298 g/mol. The van der Waals surface area contributed by atoms with Gasteiger partial charge < -0.3 is 5.73 Å². The van der Waals surface area contributed by atoms with Crippen LogP contribution in [0.4, 0.5) is 20.2 Å². The van der Waals surface area contributed by atoms with Crippen LogP contribution in [-0.4, -0.2) is 8.42 Å². The fourth-order valence-electron chi connectivity index (χ4n) is 1.65. The van der Waals surface area contributed by atoms with Gasteiger partial charge in [0.1, 0.15) is 16.5 Å². The zero-order chi connectivity index (χ0) is 14.9. The number of sulfonamides is 1. The number of benzene rings is 2. The Labute approximate surface area is 115 Å². The normalized spacial score (nSPS) is 11.3. The molecule has 3 N–H and O–H groups in total. The van der Waals surface area contributed by atoms with E-state index in [-0.39, 0.29) is 5.69 Å². The second-order valence-electron chi connectivity index (χ2n) is 4.24. The maximum Gasteiger partial charge on any atom is 0.264 e. The van der Waals surface area contributed by atoms with Crippen LogP contribution in [0.5, 0.6) is 0 Å². The minimum absolute atomic E-state index is 0.223. The van der Waals surface area contributed by atoms with Crippen LogP contribution < -0.4 is 10.5 Å². The molecule has 4 nitrogen and oxygen atoms in total. The second-order valence-corrected chi connectivity index (χ2v) is 5.89. The molecular formula is C13H12F2N2O2S. The van der Waals surface area contributed by atoms with Gasteiger partial charge in [0.05, 0.1) is 11.4 Å². The van der Waals surface area contributed by atoms with Gasteiger partial charge in [0.2, 0.25) is 0 Å². The number of anilines is 2. The predicted molar refractivity (Wildman–Crippen MR) is 72.8 cm³/mol. The Hall–Kier alpha value is -2.15. The molecular weight excluding hydrogens is 286 g/mol. The van der Waals surface area contributed by atoms with Gasteiger partial charge >= 0.3 is 0 Å². The molecule has 0 aliphatic heterocycles. The van der Waals surface area contributed by atoms with Gasteiger partial charge in [-0.2, -0.15) is 0 Å². The molecule has 0 aliphatic rings. The molecule has 106 valence electrons. The van der Waals surface area contributed by atoms with Crippen molar-refractivity contribution in [2.75, 3.05) is 10.5 Å². The summed E-state index contributed by atoms with van der Waals surface area (Å²) in [6.07, 6.45) is 0. The molecule has 0 spiro atoms. The Balaban J connectivity index is 2.44. The molecule has 0 aliphatic carbocycles. The lowest BCUT2D eigenvalue weighted by molar-refractivity contribution is 0.595. The highest BCUT2D eigenvalue weighted by atomic mass is 32.2. The maximum atomic E-state index is 13.6. The van der Waals surface area contributed by atoms with Crippen molar-refractivity contribution in [3.05, 3.63) is 53.6 Å². The minimum atomic E-state index is -4.16. The molecule has 0 amide bonds. The van der Waals surface area contributed by atoms with Gasteiger partial charge in [-0.15, -0.1) is 0 Å². The molecule has 0 unspecified atom stereocenters. The number of nitrogens with two attached hydrogens (primary N) is 1. The van der Waals surface area contributed by atoms with Gasteiger partial charge in [0, 0.05) is 0 Å². The third-order valence-corrected chi connectivity index (χ3v) is 4.10. The minimum Gasteiger partial charge on any atom is -0.395 e. The van der Waals surface area contributed by atoms with Crippen LogP contribution >= 0.6 is 0 Å². The number of nitrogens with one attached hydrogen (secondary N) is 1. The van der Waals surface area contributed by atoms with Crippen molar-refractivity contribution in [3.63, 3.8) is 0 Å². The first-order valence-electron chi connectivity index (χ1n) is 5.64. The van der Waals surface area contributed by atoms with E-state index in [4.69, 9.17) is 5.73 Å². The van der Waals surface area contributed by atoms with Crippen LogP contribution in [0.2, 0.25) is 0 Å². The van der Waals surface area contributed by atoms with Gasteiger partial charge in [0.25, 0.3) is 10.0 Å². The zero-order valence-electron chi connectivity index (χ0n) is 10.5. The number of hydrogen-bond acceptors (Lipinski definition) is 3. The van der Waals surface area contributed by atoms with E-state index < -0.39 is 32.2 Å². The van der Waals surface area contributed by atoms with Crippen molar-refractivity contribution in [1.82, 2.24) is 0 Å². The van der Waals surface area contributed by atoms with Crippen molar-refractivity contribution in [2.45, 2.75) is 11.8 Å². The van der Waals surface area contributed by atoms with Crippen LogP contribution in [0.3, 0.4) is 0 Å². The quantitative estimate of drug-likeness (QED) is 0.856. The first kappa shape index (κ1) is 14.3. The molecule has 7 heteroatoms. The molecule has 20 heavy (non-hydrogen) atoms. The van der Waals surface area contributed by atoms with Crippen LogP contribution in [0.15, 0.2) is 41.3 Å². The van der Waals surface area contributed by atoms with E-state index in [0.29, 0.717) is 5.56 Å². The lowest BCUT2D eigenvalue weighted by atomic mass is 10.2. The molecule has 0 aromatic heterocycles. The lowest BCUT2D eigenvalue weighted by Gasteiger charge is -2.11. The number of nitrogen functional groups attached to an aromatic ring is 1. The van der Waals surface area contributed by atoms with Crippen LogP contribution in [-0.2, 0) is 10.0 Å². The number of aryl methyl sites for hydroxylation is 1. The van der Waals surface area contributed by atoms with E-state index >= 15 is 0 Å². The number of halogens is 2. The molecule has 0 bridgehead atoms. The molecule has 0 fully saturated rings. The summed E-state index contributed by atoms with van der Waals surface area (Å²) in [5.41, 5.74) is 5.32. The number of para-hydroxylation sites is 1. The summed E-state index contributed by atoms with van der Waals surface area (Å²) in [7, 11) is -4.16. The third-order valence-electron chi connectivity index (χ3n) is 2.67. The monoisotopic (exact) mass is 298 g/mol. The van der Waals surface area contributed by atoms with Gasteiger partial charge in [-0.3, -0.25) is 4.72 Å². The largest absolute Gasteiger partial charge is 0.395 e. The summed E-state index contributed by atoms with van der Waals surface area (Å²) < 4.78 is 53.2. The summed E-state index contributed by atoms with van der Waals surface area (Å²) in [4.78, 5) is -0.433. The van der Waals surface area contributed by atoms with Crippen LogP contribution in [0, 0.1) is 18.6 Å². The van der Waals surface area contributed by atoms with Crippen LogP contribution in [0.25, 0.3) is 0 Å². The second kappa shape index (κ2) is 5.09. The fraction of sp³-hybridized carbons (Fsp3) is 0.0769. The highest BCUT2D eigenvalue weighted by Crippen LogP contribution is 2.25. The Morgan fingerprint density at radius 3 is 2.45 bits per heavy atom. The lowest BCUT2D eigenvalue weighted by Crippen LogP contribution is -2.16. The molecule has 0 radical (unpaired) electrons. The van der Waals surface area contributed by atoms with Crippen molar-refractivity contribution in [3.8, 4) is 0 Å². The average Bonchev–Trinajstić information content (AvgIpc) is 2.36. The zero-order valence-corrected chi connectivity index (χ0v) is 11.3. The van der Waals surface area contributed by atoms with Crippen molar-refractivity contribution >= 4 is 21.4 Å². The smallest absolute Gasteiger partial charge is 0.264 e. The van der Waals surface area contributed by atoms with E-state index in [1.807, 2.05) is 4.72 Å². The Morgan fingerprint density at radius 2 is 1.80 bits per heavy atom. The van der Waals surface area contributed by atoms with Crippen molar-refractivity contribution < 1.29 is 17.2 Å². The number of hydrogen-bond donors (Lipinski definition) is 2. The number of rotatable bonds is 3. The molecule has 0 atom stereocenters. The predicted octanol–water partition coefficient (Wildman–Crippen LogP) is 2.66. The highest BCUT2D eigenvalue weighted by Gasteiger charge is 2.20. The van der Waals surface area contributed by atoms with E-state index in [1.165, 1.54) is 18.2 Å². The van der Waals surface area contributed by atoms with Gasteiger partial charge in [-0.1, -0.05) is 12.1 Å². The standard InChI is InChI=1S/C13H12F2N2O2S/c1-8-5-6-11(10(15)7-8)17-20(18,19)12-4-2-3-9(14)13(12)16/h2-7,17H,16H2,1H3. The summed E-state index contributed by atoms with van der Waals surface area (Å²) in [6.45, 7) is 1.67.